The minimum absolute atomic E-state index is 0.106. The molecule has 0 bridgehead atoms. The summed E-state index contributed by atoms with van der Waals surface area (Å²) in [6.45, 7) is 0. The molecule has 0 aliphatic rings. The largest absolute Gasteiger partial charge is 0.219 e. The van der Waals surface area contributed by atoms with Crippen molar-refractivity contribution in [2.45, 2.75) is 6.04 Å². The second kappa shape index (κ2) is 5.74. The van der Waals surface area contributed by atoms with E-state index in [9.17, 15) is 0 Å². The van der Waals surface area contributed by atoms with Gasteiger partial charge in [-0.3, -0.25) is 0 Å². The van der Waals surface area contributed by atoms with E-state index in [0.29, 0.717) is 5.02 Å². The minimum Gasteiger partial charge on any atom is -0.219 e. The highest BCUT2D eigenvalue weighted by molar-refractivity contribution is 7.78. The summed E-state index contributed by atoms with van der Waals surface area (Å²) >= 11 is 10.6. The summed E-state index contributed by atoms with van der Waals surface area (Å²) in [7, 11) is 0. The lowest BCUT2D eigenvalue weighted by atomic mass is 10.00. The predicted molar refractivity (Wildman–Crippen MR) is 74.8 cm³/mol. The second-order valence-corrected chi connectivity index (χ2v) is 4.20. The Labute approximate surface area is 111 Å². The van der Waals surface area contributed by atoms with Crippen LogP contribution in [0, 0.1) is 0 Å². The number of hydrogen-bond donors (Lipinski definition) is 0. The molecule has 0 radical (unpaired) electrons. The molecule has 0 amide bonds. The van der Waals surface area contributed by atoms with Crippen molar-refractivity contribution in [3.8, 4) is 0 Å². The van der Waals surface area contributed by atoms with Crippen molar-refractivity contribution in [1.82, 2.24) is 0 Å². The molecule has 0 N–H and O–H groups in total. The first-order valence-corrected chi connectivity index (χ1v) is 5.97. The van der Waals surface area contributed by atoms with Gasteiger partial charge in [0.1, 0.15) is 6.04 Å². The summed E-state index contributed by atoms with van der Waals surface area (Å²) in [5.74, 6) is 0. The van der Waals surface area contributed by atoms with E-state index in [-0.39, 0.29) is 6.04 Å². The lowest BCUT2D eigenvalue weighted by Crippen LogP contribution is -1.97. The zero-order valence-corrected chi connectivity index (χ0v) is 10.6. The van der Waals surface area contributed by atoms with E-state index < -0.39 is 0 Å². The number of thiocarbonyl (C=S) groups is 1. The van der Waals surface area contributed by atoms with Gasteiger partial charge in [0.25, 0.3) is 0 Å². The monoisotopic (exact) mass is 259 g/mol. The second-order valence-electron chi connectivity index (χ2n) is 3.59. The van der Waals surface area contributed by atoms with E-state index in [1.165, 1.54) is 0 Å². The number of halogens is 1. The molecular formula is C14H10ClNS. The Bertz CT molecular complexity index is 530. The van der Waals surface area contributed by atoms with Crippen LogP contribution in [0.4, 0.5) is 0 Å². The van der Waals surface area contributed by atoms with Crippen LogP contribution in [0.25, 0.3) is 0 Å². The summed E-state index contributed by atoms with van der Waals surface area (Å²) in [5, 5.41) is 3.17. The molecule has 1 nitrogen and oxygen atoms in total. The predicted octanol–water partition coefficient (Wildman–Crippen LogP) is 4.53. The van der Waals surface area contributed by atoms with Crippen LogP contribution in [0.15, 0.2) is 59.6 Å². The summed E-state index contributed by atoms with van der Waals surface area (Å²) in [6, 6.07) is 17.5. The van der Waals surface area contributed by atoms with Crippen molar-refractivity contribution >= 4 is 29.0 Å². The molecule has 0 aromatic heterocycles. The summed E-state index contributed by atoms with van der Waals surface area (Å²) in [4.78, 5) is 4.22. The number of isothiocyanates is 1. The number of nitrogens with zero attached hydrogens (tertiary/aromatic N) is 1. The maximum absolute atomic E-state index is 5.87. The number of benzene rings is 2. The molecular weight excluding hydrogens is 250 g/mol. The minimum atomic E-state index is -0.106. The lowest BCUT2D eigenvalue weighted by molar-refractivity contribution is 0.881. The fourth-order valence-corrected chi connectivity index (χ4v) is 1.91. The summed E-state index contributed by atoms with van der Waals surface area (Å²) in [5.41, 5.74) is 2.14. The van der Waals surface area contributed by atoms with Gasteiger partial charge >= 0.3 is 0 Å². The maximum Gasteiger partial charge on any atom is 0.110 e. The zero-order valence-electron chi connectivity index (χ0n) is 9.01. The van der Waals surface area contributed by atoms with E-state index >= 15 is 0 Å². The average molecular weight is 260 g/mol. The number of hydrogen-bond acceptors (Lipinski definition) is 2. The first-order chi connectivity index (χ1) is 8.31. The molecule has 0 saturated carbocycles. The summed E-state index contributed by atoms with van der Waals surface area (Å²) in [6.07, 6.45) is 0. The van der Waals surface area contributed by atoms with Crippen molar-refractivity contribution < 1.29 is 0 Å². The smallest absolute Gasteiger partial charge is 0.110 e. The third-order valence-electron chi connectivity index (χ3n) is 2.48. The van der Waals surface area contributed by atoms with Crippen LogP contribution in [0.5, 0.6) is 0 Å². The normalized spacial score (nSPS) is 11.6. The SMILES string of the molecule is S=C=N[C@@H](c1ccccc1)c1ccc(Cl)cc1. The van der Waals surface area contributed by atoms with Gasteiger partial charge in [-0.2, -0.15) is 0 Å². The Morgan fingerprint density at radius 3 is 2.12 bits per heavy atom. The molecule has 0 fully saturated rings. The van der Waals surface area contributed by atoms with Crippen molar-refractivity contribution in [2.24, 2.45) is 4.99 Å². The zero-order chi connectivity index (χ0) is 12.1. The Morgan fingerprint density at radius 2 is 1.53 bits per heavy atom. The number of aliphatic imine (C=N–C) groups is 1. The molecule has 3 heteroatoms. The highest BCUT2D eigenvalue weighted by Crippen LogP contribution is 2.26. The molecule has 2 aromatic rings. The third-order valence-corrected chi connectivity index (χ3v) is 2.84. The maximum atomic E-state index is 5.87. The van der Waals surface area contributed by atoms with Crippen LogP contribution in [-0.2, 0) is 0 Å². The third kappa shape index (κ3) is 3.01. The van der Waals surface area contributed by atoms with Gasteiger partial charge in [-0.25, -0.2) is 4.99 Å². The van der Waals surface area contributed by atoms with Gasteiger partial charge in [0.15, 0.2) is 0 Å². The molecule has 0 aliphatic heterocycles. The first kappa shape index (κ1) is 12.0. The summed E-state index contributed by atoms with van der Waals surface area (Å²) < 4.78 is 0. The molecule has 0 unspecified atom stereocenters. The van der Waals surface area contributed by atoms with Crippen LogP contribution in [0.2, 0.25) is 5.02 Å². The Balaban J connectivity index is 2.42. The van der Waals surface area contributed by atoms with E-state index in [4.69, 9.17) is 23.8 Å². The van der Waals surface area contributed by atoms with Gasteiger partial charge in [-0.05, 0) is 35.5 Å². The van der Waals surface area contributed by atoms with E-state index in [2.05, 4.69) is 10.2 Å². The first-order valence-electron chi connectivity index (χ1n) is 5.18. The number of rotatable bonds is 3. The molecule has 0 spiro atoms. The lowest BCUT2D eigenvalue weighted by Gasteiger charge is -2.11. The van der Waals surface area contributed by atoms with Crippen LogP contribution in [0.1, 0.15) is 17.2 Å². The van der Waals surface area contributed by atoms with Crippen LogP contribution in [-0.4, -0.2) is 5.16 Å². The molecule has 2 aromatic carbocycles. The average Bonchev–Trinajstić information content (AvgIpc) is 2.38. The topological polar surface area (TPSA) is 12.4 Å². The fourth-order valence-electron chi connectivity index (χ4n) is 1.67. The Kier molecular flexibility index (Phi) is 4.05. The van der Waals surface area contributed by atoms with Gasteiger partial charge in [-0.1, -0.05) is 54.1 Å². The molecule has 0 saturated heterocycles. The molecule has 17 heavy (non-hydrogen) atoms. The van der Waals surface area contributed by atoms with Crippen molar-refractivity contribution in [2.75, 3.05) is 0 Å². The Morgan fingerprint density at radius 1 is 0.941 bits per heavy atom. The van der Waals surface area contributed by atoms with Crippen molar-refractivity contribution in [3.63, 3.8) is 0 Å². The van der Waals surface area contributed by atoms with Crippen LogP contribution >= 0.6 is 23.8 Å². The van der Waals surface area contributed by atoms with Gasteiger partial charge in [0.05, 0.1) is 5.16 Å². The quantitative estimate of drug-likeness (QED) is 0.583. The van der Waals surface area contributed by atoms with E-state index in [1.54, 1.807) is 0 Å². The molecule has 84 valence electrons. The van der Waals surface area contributed by atoms with Gasteiger partial charge in [0.2, 0.25) is 0 Å². The molecule has 0 heterocycles. The van der Waals surface area contributed by atoms with Crippen LogP contribution < -0.4 is 0 Å². The highest BCUT2D eigenvalue weighted by atomic mass is 35.5. The Hall–Kier alpha value is -1.47. The van der Waals surface area contributed by atoms with E-state index in [1.807, 2.05) is 54.6 Å². The van der Waals surface area contributed by atoms with Gasteiger partial charge in [-0.15, -0.1) is 0 Å². The van der Waals surface area contributed by atoms with Crippen molar-refractivity contribution in [3.05, 3.63) is 70.7 Å². The molecule has 2 rings (SSSR count). The highest BCUT2D eigenvalue weighted by Gasteiger charge is 2.11. The van der Waals surface area contributed by atoms with Crippen molar-refractivity contribution in [1.29, 1.82) is 0 Å². The van der Waals surface area contributed by atoms with Gasteiger partial charge in [0, 0.05) is 5.02 Å². The van der Waals surface area contributed by atoms with E-state index in [0.717, 1.165) is 11.1 Å². The van der Waals surface area contributed by atoms with Crippen LogP contribution in [0.3, 0.4) is 0 Å². The fraction of sp³-hybridized carbons (Fsp3) is 0.0714. The van der Waals surface area contributed by atoms with Gasteiger partial charge < -0.3 is 0 Å². The molecule has 1 atom stereocenters. The standard InChI is InChI=1S/C14H10ClNS/c15-13-8-6-12(7-9-13)14(16-10-17)11-4-2-1-3-5-11/h1-9,14H/t14-/m0/s1. The molecule has 0 aliphatic carbocycles.